The van der Waals surface area contributed by atoms with E-state index in [1.165, 1.54) is 0 Å². The lowest BCUT2D eigenvalue weighted by Crippen LogP contribution is -2.02. The number of nitrogens with zero attached hydrogens (tertiary/aromatic N) is 2. The van der Waals surface area contributed by atoms with Gasteiger partial charge in [-0.1, -0.05) is 0 Å². The van der Waals surface area contributed by atoms with Crippen molar-refractivity contribution in [2.75, 3.05) is 11.9 Å². The lowest BCUT2D eigenvalue weighted by molar-refractivity contribution is 1.05. The zero-order chi connectivity index (χ0) is 8.81. The minimum atomic E-state index is 0.692. The van der Waals surface area contributed by atoms with Crippen molar-refractivity contribution >= 4 is 21.7 Å². The first kappa shape index (κ1) is 9.01. The number of halogens is 1. The highest BCUT2D eigenvalue weighted by atomic mass is 79.9. The molecular weight excluding hydrogens is 218 g/mol. The van der Waals surface area contributed by atoms with Crippen LogP contribution in [0.3, 0.4) is 0 Å². The van der Waals surface area contributed by atoms with Gasteiger partial charge in [-0.3, -0.25) is 0 Å². The first-order valence-corrected chi connectivity index (χ1v) is 4.27. The zero-order valence-electron chi connectivity index (χ0n) is 6.42. The Morgan fingerprint density at radius 2 is 2.33 bits per heavy atom. The largest absolute Gasteiger partial charge is 0.368 e. The molecule has 0 saturated carbocycles. The van der Waals surface area contributed by atoms with Crippen LogP contribution < -0.4 is 5.32 Å². The fraction of sp³-hybridized carbons (Fsp3) is 0.250. The van der Waals surface area contributed by atoms with Crippen LogP contribution in [0.1, 0.15) is 6.42 Å². The molecule has 12 heavy (non-hydrogen) atoms. The van der Waals surface area contributed by atoms with Gasteiger partial charge in [-0.25, -0.2) is 9.97 Å². The normalized spacial score (nSPS) is 9.00. The molecule has 1 aromatic heterocycles. The average molecular weight is 226 g/mol. The number of hydrogen-bond donors (Lipinski definition) is 1. The van der Waals surface area contributed by atoms with Crippen LogP contribution in [0.5, 0.6) is 0 Å². The summed E-state index contributed by atoms with van der Waals surface area (Å²) >= 11 is 3.19. The summed E-state index contributed by atoms with van der Waals surface area (Å²) in [6, 6.07) is 0. The van der Waals surface area contributed by atoms with Crippen LogP contribution >= 0.6 is 15.9 Å². The Morgan fingerprint density at radius 1 is 1.50 bits per heavy atom. The van der Waals surface area contributed by atoms with Gasteiger partial charge in [0.2, 0.25) is 0 Å². The van der Waals surface area contributed by atoms with Gasteiger partial charge in [-0.15, -0.1) is 12.3 Å². The molecule has 0 unspecified atom stereocenters. The highest BCUT2D eigenvalue weighted by Gasteiger charge is 1.92. The molecular formula is C8H8BrN3. The van der Waals surface area contributed by atoms with Crippen LogP contribution in [-0.2, 0) is 0 Å². The summed E-state index contributed by atoms with van der Waals surface area (Å²) in [5.41, 5.74) is 0. The first-order valence-electron chi connectivity index (χ1n) is 3.48. The van der Waals surface area contributed by atoms with Gasteiger partial charge in [0, 0.05) is 13.0 Å². The highest BCUT2D eigenvalue weighted by Crippen LogP contribution is 2.05. The Morgan fingerprint density at radius 3 is 2.92 bits per heavy atom. The van der Waals surface area contributed by atoms with Crippen molar-refractivity contribution in [3.05, 3.63) is 17.0 Å². The van der Waals surface area contributed by atoms with Crippen molar-refractivity contribution in [1.82, 2.24) is 9.97 Å². The van der Waals surface area contributed by atoms with Crippen LogP contribution in [0.25, 0.3) is 0 Å². The van der Waals surface area contributed by atoms with Gasteiger partial charge in [0.1, 0.15) is 10.4 Å². The predicted molar refractivity (Wildman–Crippen MR) is 51.7 cm³/mol. The van der Waals surface area contributed by atoms with E-state index < -0.39 is 0 Å². The van der Waals surface area contributed by atoms with Crippen LogP contribution in [0.15, 0.2) is 17.0 Å². The average Bonchev–Trinajstić information content (AvgIpc) is 2.09. The monoisotopic (exact) mass is 225 g/mol. The van der Waals surface area contributed by atoms with Crippen molar-refractivity contribution in [2.24, 2.45) is 0 Å². The third kappa shape index (κ3) is 2.89. The van der Waals surface area contributed by atoms with Crippen LogP contribution in [0, 0.1) is 12.3 Å². The second kappa shape index (κ2) is 4.73. The molecule has 0 aliphatic heterocycles. The molecule has 3 nitrogen and oxygen atoms in total. The SMILES string of the molecule is C#CCCNc1cnc(Br)cn1. The molecule has 1 N–H and O–H groups in total. The number of nitrogens with one attached hydrogen (secondary N) is 1. The van der Waals surface area contributed by atoms with Crippen molar-refractivity contribution in [3.8, 4) is 12.3 Å². The van der Waals surface area contributed by atoms with E-state index in [0.29, 0.717) is 6.42 Å². The quantitative estimate of drug-likeness (QED) is 0.629. The van der Waals surface area contributed by atoms with Crippen LogP contribution in [0.4, 0.5) is 5.82 Å². The summed E-state index contributed by atoms with van der Waals surface area (Å²) in [7, 11) is 0. The molecule has 0 aliphatic rings. The fourth-order valence-electron chi connectivity index (χ4n) is 0.666. The number of hydrogen-bond acceptors (Lipinski definition) is 3. The Bertz CT molecular complexity index is 275. The third-order valence-corrected chi connectivity index (χ3v) is 1.61. The Labute approximate surface area is 79.7 Å². The molecule has 1 rings (SSSR count). The molecule has 0 fully saturated rings. The third-order valence-electron chi connectivity index (χ3n) is 1.20. The van der Waals surface area contributed by atoms with E-state index in [1.54, 1.807) is 12.4 Å². The maximum atomic E-state index is 5.08. The Kier molecular flexibility index (Phi) is 3.55. The molecule has 0 amide bonds. The molecule has 1 aromatic rings. The van der Waals surface area contributed by atoms with E-state index >= 15 is 0 Å². The minimum Gasteiger partial charge on any atom is -0.368 e. The number of rotatable bonds is 3. The molecule has 0 saturated heterocycles. The summed E-state index contributed by atoms with van der Waals surface area (Å²) in [6.45, 7) is 0.729. The molecule has 0 atom stereocenters. The number of aromatic nitrogens is 2. The van der Waals surface area contributed by atoms with Crippen molar-refractivity contribution in [1.29, 1.82) is 0 Å². The van der Waals surface area contributed by atoms with Gasteiger partial charge in [0.25, 0.3) is 0 Å². The second-order valence-electron chi connectivity index (χ2n) is 2.11. The molecule has 1 heterocycles. The van der Waals surface area contributed by atoms with Crippen LogP contribution in [0.2, 0.25) is 0 Å². The standard InChI is InChI=1S/C8H8BrN3/c1-2-3-4-10-8-6-11-7(9)5-12-8/h1,5-6H,3-4H2,(H,10,12). The van der Waals surface area contributed by atoms with E-state index in [0.717, 1.165) is 17.0 Å². The van der Waals surface area contributed by atoms with E-state index in [-0.39, 0.29) is 0 Å². The highest BCUT2D eigenvalue weighted by molar-refractivity contribution is 9.10. The number of anilines is 1. The van der Waals surface area contributed by atoms with E-state index in [2.05, 4.69) is 37.1 Å². The summed E-state index contributed by atoms with van der Waals surface area (Å²) < 4.78 is 0.727. The van der Waals surface area contributed by atoms with E-state index in [4.69, 9.17) is 6.42 Å². The second-order valence-corrected chi connectivity index (χ2v) is 2.92. The smallest absolute Gasteiger partial charge is 0.144 e. The summed E-state index contributed by atoms with van der Waals surface area (Å²) in [5.74, 6) is 3.27. The van der Waals surface area contributed by atoms with Gasteiger partial charge < -0.3 is 5.32 Å². The predicted octanol–water partition coefficient (Wildman–Crippen LogP) is 1.67. The molecule has 62 valence electrons. The number of terminal acetylenes is 1. The topological polar surface area (TPSA) is 37.8 Å². The molecule has 0 aromatic carbocycles. The van der Waals surface area contributed by atoms with Gasteiger partial charge in [0.05, 0.1) is 12.4 Å². The Hall–Kier alpha value is -1.08. The van der Waals surface area contributed by atoms with Gasteiger partial charge in [0.15, 0.2) is 0 Å². The van der Waals surface area contributed by atoms with Crippen molar-refractivity contribution in [3.63, 3.8) is 0 Å². The van der Waals surface area contributed by atoms with Gasteiger partial charge in [-0.05, 0) is 15.9 Å². The molecule has 0 radical (unpaired) electrons. The lowest BCUT2D eigenvalue weighted by atomic mass is 10.4. The summed E-state index contributed by atoms with van der Waals surface area (Å²) in [6.07, 6.45) is 9.07. The fourth-order valence-corrected chi connectivity index (χ4v) is 0.871. The first-order chi connectivity index (χ1) is 5.83. The molecule has 0 bridgehead atoms. The lowest BCUT2D eigenvalue weighted by Gasteiger charge is -2.00. The van der Waals surface area contributed by atoms with E-state index in [9.17, 15) is 0 Å². The van der Waals surface area contributed by atoms with Gasteiger partial charge in [-0.2, -0.15) is 0 Å². The van der Waals surface area contributed by atoms with Crippen molar-refractivity contribution in [2.45, 2.75) is 6.42 Å². The molecule has 4 heteroatoms. The molecule has 0 aliphatic carbocycles. The minimum absolute atomic E-state index is 0.692. The zero-order valence-corrected chi connectivity index (χ0v) is 8.00. The van der Waals surface area contributed by atoms with Crippen LogP contribution in [-0.4, -0.2) is 16.5 Å². The summed E-state index contributed by atoms with van der Waals surface area (Å²) in [4.78, 5) is 8.06. The van der Waals surface area contributed by atoms with Crippen molar-refractivity contribution < 1.29 is 0 Å². The molecule has 0 spiro atoms. The maximum absolute atomic E-state index is 5.08. The Balaban J connectivity index is 2.43. The van der Waals surface area contributed by atoms with E-state index in [1.807, 2.05) is 0 Å². The van der Waals surface area contributed by atoms with Gasteiger partial charge >= 0.3 is 0 Å². The summed E-state index contributed by atoms with van der Waals surface area (Å²) in [5, 5.41) is 3.04. The maximum Gasteiger partial charge on any atom is 0.144 e.